The van der Waals surface area contributed by atoms with Gasteiger partial charge in [0.2, 0.25) is 0 Å². The lowest BCUT2D eigenvalue weighted by molar-refractivity contribution is 0.405. The molecule has 1 N–H and O–H groups in total. The molecule has 0 amide bonds. The fourth-order valence-electron chi connectivity index (χ4n) is 1.88. The van der Waals surface area contributed by atoms with Gasteiger partial charge in [-0.3, -0.25) is 4.21 Å². The first-order valence-electron chi connectivity index (χ1n) is 5.40. The zero-order valence-corrected chi connectivity index (χ0v) is 11.3. The summed E-state index contributed by atoms with van der Waals surface area (Å²) in [6.45, 7) is 2.13. The molecule has 0 aliphatic carbocycles. The fourth-order valence-corrected chi connectivity index (χ4v) is 4.65. The van der Waals surface area contributed by atoms with Gasteiger partial charge in [-0.2, -0.15) is 0 Å². The molecule has 1 atom stereocenters. The molecule has 1 aromatic heterocycles. The quantitative estimate of drug-likeness (QED) is 0.917. The average Bonchev–Trinajstić information content (AvgIpc) is 2.65. The molecular formula is C10H15ClN2OS2. The van der Waals surface area contributed by atoms with Crippen molar-refractivity contribution < 1.29 is 4.21 Å². The molecule has 6 heteroatoms. The Balaban J connectivity index is 1.79. The Morgan fingerprint density at radius 1 is 1.56 bits per heavy atom. The third-order valence-electron chi connectivity index (χ3n) is 2.71. The van der Waals surface area contributed by atoms with Gasteiger partial charge in [0.25, 0.3) is 0 Å². The Hall–Kier alpha value is 0.0300. The number of nitrogens with one attached hydrogen (secondary N) is 1. The fraction of sp³-hybridized carbons (Fsp3) is 0.700. The summed E-state index contributed by atoms with van der Waals surface area (Å²) in [6.07, 6.45) is 4.03. The highest BCUT2D eigenvalue weighted by Crippen LogP contribution is 2.20. The van der Waals surface area contributed by atoms with Gasteiger partial charge in [0.15, 0.2) is 4.47 Å². The van der Waals surface area contributed by atoms with Gasteiger partial charge in [-0.1, -0.05) is 11.6 Å². The van der Waals surface area contributed by atoms with Crippen molar-refractivity contribution in [3.8, 4) is 0 Å². The molecule has 2 rings (SSSR count). The second kappa shape index (κ2) is 6.10. The number of piperidine rings is 1. The van der Waals surface area contributed by atoms with Crippen molar-refractivity contribution in [3.05, 3.63) is 15.5 Å². The number of aromatic nitrogens is 1. The predicted octanol–water partition coefficient (Wildman–Crippen LogP) is 2.04. The largest absolute Gasteiger partial charge is 0.317 e. The molecule has 1 aliphatic heterocycles. The molecule has 1 fully saturated rings. The van der Waals surface area contributed by atoms with E-state index >= 15 is 0 Å². The van der Waals surface area contributed by atoms with Crippen molar-refractivity contribution in [2.24, 2.45) is 5.92 Å². The number of hydrogen-bond acceptors (Lipinski definition) is 4. The van der Waals surface area contributed by atoms with Crippen LogP contribution in [-0.2, 0) is 16.6 Å². The smallest absolute Gasteiger partial charge is 0.183 e. The van der Waals surface area contributed by atoms with E-state index in [0.29, 0.717) is 16.1 Å². The van der Waals surface area contributed by atoms with E-state index in [9.17, 15) is 4.21 Å². The van der Waals surface area contributed by atoms with Gasteiger partial charge in [-0.15, -0.1) is 11.3 Å². The Kier molecular flexibility index (Phi) is 4.76. The second-order valence-corrected chi connectivity index (χ2v) is 7.22. The number of nitrogens with zero attached hydrogens (tertiary/aromatic N) is 1. The third kappa shape index (κ3) is 3.80. The minimum Gasteiger partial charge on any atom is -0.317 e. The summed E-state index contributed by atoms with van der Waals surface area (Å²) in [7, 11) is -0.771. The molecular weight excluding hydrogens is 264 g/mol. The molecule has 1 saturated heterocycles. The van der Waals surface area contributed by atoms with E-state index in [-0.39, 0.29) is 0 Å². The van der Waals surface area contributed by atoms with Gasteiger partial charge in [-0.25, -0.2) is 4.98 Å². The van der Waals surface area contributed by atoms with Crippen molar-refractivity contribution in [3.63, 3.8) is 0 Å². The number of thiazole rings is 1. The first-order chi connectivity index (χ1) is 7.74. The zero-order chi connectivity index (χ0) is 11.4. The first-order valence-corrected chi connectivity index (χ1v) is 8.08. The molecule has 0 bridgehead atoms. The zero-order valence-electron chi connectivity index (χ0n) is 8.95. The summed E-state index contributed by atoms with van der Waals surface area (Å²) >= 11 is 7.16. The highest BCUT2D eigenvalue weighted by Gasteiger charge is 2.16. The maximum Gasteiger partial charge on any atom is 0.183 e. The van der Waals surface area contributed by atoms with Crippen molar-refractivity contribution >= 4 is 33.7 Å². The van der Waals surface area contributed by atoms with Crippen LogP contribution in [0.3, 0.4) is 0 Å². The Bertz CT molecular complexity index is 363. The Morgan fingerprint density at radius 3 is 2.94 bits per heavy atom. The van der Waals surface area contributed by atoms with Gasteiger partial charge >= 0.3 is 0 Å². The van der Waals surface area contributed by atoms with Crippen molar-refractivity contribution in [1.29, 1.82) is 0 Å². The molecule has 0 unspecified atom stereocenters. The van der Waals surface area contributed by atoms with Crippen molar-refractivity contribution in [1.82, 2.24) is 10.3 Å². The topological polar surface area (TPSA) is 42.0 Å². The third-order valence-corrected chi connectivity index (χ3v) is 5.48. The van der Waals surface area contributed by atoms with Crippen LogP contribution in [0.4, 0.5) is 0 Å². The molecule has 0 spiro atoms. The summed E-state index contributed by atoms with van der Waals surface area (Å²) in [5.41, 5.74) is 0. The molecule has 90 valence electrons. The van der Waals surface area contributed by atoms with Crippen LogP contribution < -0.4 is 5.32 Å². The van der Waals surface area contributed by atoms with Crippen LogP contribution in [-0.4, -0.2) is 28.0 Å². The van der Waals surface area contributed by atoms with E-state index in [1.165, 1.54) is 11.3 Å². The van der Waals surface area contributed by atoms with Crippen molar-refractivity contribution in [2.45, 2.75) is 18.6 Å². The molecule has 3 nitrogen and oxygen atoms in total. The van der Waals surface area contributed by atoms with E-state index in [4.69, 9.17) is 11.6 Å². The van der Waals surface area contributed by atoms with E-state index in [2.05, 4.69) is 10.3 Å². The molecule has 2 heterocycles. The van der Waals surface area contributed by atoms with Gasteiger partial charge in [0.05, 0.1) is 5.75 Å². The maximum absolute atomic E-state index is 11.9. The monoisotopic (exact) mass is 278 g/mol. The van der Waals surface area contributed by atoms with E-state index in [0.717, 1.165) is 36.6 Å². The molecule has 16 heavy (non-hydrogen) atoms. The highest BCUT2D eigenvalue weighted by molar-refractivity contribution is 7.84. The van der Waals surface area contributed by atoms with Crippen LogP contribution in [0.5, 0.6) is 0 Å². The van der Waals surface area contributed by atoms with Gasteiger partial charge in [-0.05, 0) is 31.8 Å². The number of rotatable bonds is 4. The lowest BCUT2D eigenvalue weighted by Gasteiger charge is -2.21. The number of halogens is 1. The van der Waals surface area contributed by atoms with Crippen LogP contribution in [0, 0.1) is 5.92 Å². The van der Waals surface area contributed by atoms with Crippen LogP contribution in [0.25, 0.3) is 0 Å². The SMILES string of the molecule is O=[S@@](Cc1cnc(Cl)s1)CC1CCNCC1. The minimum absolute atomic E-state index is 0.536. The summed E-state index contributed by atoms with van der Waals surface area (Å²) in [5.74, 6) is 2.04. The standard InChI is InChI=1S/C10H15ClN2OS2/c11-10-13-5-9(15-10)7-16(14)6-8-1-3-12-4-2-8/h5,8,12H,1-4,6-7H2/t16-/m1/s1. The normalized spacial score (nSPS) is 19.8. The summed E-state index contributed by atoms with van der Waals surface area (Å²) in [5, 5.41) is 3.32. The van der Waals surface area contributed by atoms with Gasteiger partial charge in [0, 0.05) is 27.6 Å². The van der Waals surface area contributed by atoms with E-state index in [1.54, 1.807) is 6.20 Å². The van der Waals surface area contributed by atoms with E-state index in [1.807, 2.05) is 0 Å². The number of hydrogen-bond donors (Lipinski definition) is 1. The van der Waals surface area contributed by atoms with Crippen LogP contribution in [0.1, 0.15) is 17.7 Å². The summed E-state index contributed by atoms with van der Waals surface area (Å²) < 4.78 is 12.5. The van der Waals surface area contributed by atoms with Crippen LogP contribution >= 0.6 is 22.9 Å². The average molecular weight is 279 g/mol. The van der Waals surface area contributed by atoms with Crippen LogP contribution in [0.15, 0.2) is 6.20 Å². The summed E-state index contributed by atoms with van der Waals surface area (Å²) in [6, 6.07) is 0. The maximum atomic E-state index is 11.9. The van der Waals surface area contributed by atoms with Gasteiger partial charge in [0.1, 0.15) is 0 Å². The Morgan fingerprint density at radius 2 is 2.31 bits per heavy atom. The molecule has 0 saturated carbocycles. The molecule has 0 radical (unpaired) electrons. The highest BCUT2D eigenvalue weighted by atomic mass is 35.5. The predicted molar refractivity (Wildman–Crippen MR) is 69.4 cm³/mol. The minimum atomic E-state index is -0.771. The second-order valence-electron chi connectivity index (χ2n) is 4.02. The molecule has 1 aliphatic rings. The Labute approximate surface area is 107 Å². The van der Waals surface area contributed by atoms with Crippen molar-refractivity contribution in [2.75, 3.05) is 18.8 Å². The lowest BCUT2D eigenvalue weighted by Crippen LogP contribution is -2.30. The van der Waals surface area contributed by atoms with Crippen LogP contribution in [0.2, 0.25) is 4.47 Å². The van der Waals surface area contributed by atoms with E-state index < -0.39 is 10.8 Å². The van der Waals surface area contributed by atoms with Gasteiger partial charge < -0.3 is 5.32 Å². The molecule has 1 aromatic rings. The summed E-state index contributed by atoms with van der Waals surface area (Å²) in [4.78, 5) is 4.98. The molecule has 0 aromatic carbocycles. The first kappa shape index (κ1) is 12.5. The lowest BCUT2D eigenvalue weighted by atomic mass is 10.0.